The van der Waals surface area contributed by atoms with Gasteiger partial charge in [-0.15, -0.1) is 4.91 Å². The molecule has 0 saturated carbocycles. The average molecular weight is 196 g/mol. The third kappa shape index (κ3) is 2.43. The number of benzene rings is 1. The zero-order valence-electron chi connectivity index (χ0n) is 7.86. The van der Waals surface area contributed by atoms with E-state index in [-0.39, 0.29) is 12.3 Å². The molecule has 0 amide bonds. The zero-order valence-corrected chi connectivity index (χ0v) is 7.86. The predicted octanol–water partition coefficient (Wildman–Crippen LogP) is 1.50. The van der Waals surface area contributed by atoms with E-state index in [1.165, 1.54) is 7.11 Å². The Balaban J connectivity index is 2.84. The Labute approximate surface area is 81.7 Å². The predicted molar refractivity (Wildman–Crippen MR) is 54.0 cm³/mol. The van der Waals surface area contributed by atoms with Crippen LogP contribution in [0.5, 0.6) is 5.75 Å². The van der Waals surface area contributed by atoms with E-state index in [1.54, 1.807) is 18.2 Å². The number of hydrogen-bond acceptors (Lipinski definition) is 5. The van der Waals surface area contributed by atoms with Crippen molar-refractivity contribution in [1.29, 1.82) is 0 Å². The van der Waals surface area contributed by atoms with Crippen LogP contribution in [0.1, 0.15) is 0 Å². The van der Waals surface area contributed by atoms with Crippen molar-refractivity contribution in [3.63, 3.8) is 0 Å². The molecule has 14 heavy (non-hydrogen) atoms. The van der Waals surface area contributed by atoms with Gasteiger partial charge in [0.15, 0.2) is 0 Å². The monoisotopic (exact) mass is 196 g/mol. The number of ether oxygens (including phenoxy) is 1. The summed E-state index contributed by atoms with van der Waals surface area (Å²) in [5.74, 6) is 0.419. The maximum atomic E-state index is 10.3. The van der Waals surface area contributed by atoms with Gasteiger partial charge >= 0.3 is 0 Å². The van der Waals surface area contributed by atoms with Crippen LogP contribution in [0.2, 0.25) is 0 Å². The highest BCUT2D eigenvalue weighted by atomic mass is 16.5. The summed E-state index contributed by atoms with van der Waals surface area (Å²) in [5.41, 5.74) is 1.05. The van der Waals surface area contributed by atoms with Gasteiger partial charge in [0.25, 0.3) is 0 Å². The minimum absolute atomic E-state index is 0.0516. The van der Waals surface area contributed by atoms with Gasteiger partial charge < -0.3 is 15.2 Å². The second kappa shape index (κ2) is 5.18. The summed E-state index contributed by atoms with van der Waals surface area (Å²) in [7, 11) is 1.47. The van der Waals surface area contributed by atoms with E-state index in [4.69, 9.17) is 9.84 Å². The SMILES string of the molecule is COc1cc(NCCO)ccc1N=O. The van der Waals surface area contributed by atoms with Crippen molar-refractivity contribution in [2.45, 2.75) is 0 Å². The minimum Gasteiger partial charge on any atom is -0.494 e. The highest BCUT2D eigenvalue weighted by Gasteiger charge is 2.03. The van der Waals surface area contributed by atoms with Crippen LogP contribution in [-0.4, -0.2) is 25.4 Å². The maximum Gasteiger partial charge on any atom is 0.150 e. The molecule has 5 nitrogen and oxygen atoms in total. The van der Waals surface area contributed by atoms with E-state index >= 15 is 0 Å². The number of hydrogen-bond donors (Lipinski definition) is 2. The van der Waals surface area contributed by atoms with E-state index in [2.05, 4.69) is 10.5 Å². The number of aliphatic hydroxyl groups is 1. The first-order valence-corrected chi connectivity index (χ1v) is 4.18. The topological polar surface area (TPSA) is 70.9 Å². The third-order valence-electron chi connectivity index (χ3n) is 1.72. The van der Waals surface area contributed by atoms with Crippen molar-refractivity contribution in [1.82, 2.24) is 0 Å². The van der Waals surface area contributed by atoms with Crippen LogP contribution >= 0.6 is 0 Å². The number of rotatable bonds is 5. The number of nitrogens with zero attached hydrogens (tertiary/aromatic N) is 1. The minimum atomic E-state index is 0.0516. The molecule has 0 fully saturated rings. The molecule has 5 heteroatoms. The fourth-order valence-electron chi connectivity index (χ4n) is 1.06. The lowest BCUT2D eigenvalue weighted by molar-refractivity contribution is 0.311. The Morgan fingerprint density at radius 2 is 2.36 bits per heavy atom. The number of aliphatic hydroxyl groups excluding tert-OH is 1. The normalized spacial score (nSPS) is 9.57. The summed E-state index contributed by atoms with van der Waals surface area (Å²) in [4.78, 5) is 10.3. The third-order valence-corrected chi connectivity index (χ3v) is 1.72. The van der Waals surface area contributed by atoms with Gasteiger partial charge in [0.05, 0.1) is 13.7 Å². The van der Waals surface area contributed by atoms with Crippen LogP contribution in [0, 0.1) is 4.91 Å². The zero-order chi connectivity index (χ0) is 10.4. The standard InChI is InChI=1S/C9H12N2O3/c1-14-9-6-7(10-4-5-12)2-3-8(9)11-13/h2-3,6,10,12H,4-5H2,1H3. The molecule has 1 aromatic carbocycles. The van der Waals surface area contributed by atoms with Crippen LogP contribution in [-0.2, 0) is 0 Å². The van der Waals surface area contributed by atoms with Gasteiger partial charge in [0.2, 0.25) is 0 Å². The van der Waals surface area contributed by atoms with E-state index in [1.807, 2.05) is 0 Å². The van der Waals surface area contributed by atoms with Gasteiger partial charge in [0.1, 0.15) is 11.4 Å². The van der Waals surface area contributed by atoms with Crippen LogP contribution < -0.4 is 10.1 Å². The molecule has 0 heterocycles. The summed E-state index contributed by atoms with van der Waals surface area (Å²) in [6.07, 6.45) is 0. The molecule has 0 spiro atoms. The van der Waals surface area contributed by atoms with Crippen molar-refractivity contribution < 1.29 is 9.84 Å². The van der Waals surface area contributed by atoms with Crippen molar-refractivity contribution in [2.75, 3.05) is 25.6 Å². The lowest BCUT2D eigenvalue weighted by Gasteiger charge is -2.07. The number of nitrogens with one attached hydrogen (secondary N) is 1. The van der Waals surface area contributed by atoms with Crippen molar-refractivity contribution in [3.05, 3.63) is 23.1 Å². The lowest BCUT2D eigenvalue weighted by Crippen LogP contribution is -2.05. The first-order chi connectivity index (χ1) is 6.81. The molecule has 0 saturated heterocycles. The molecule has 1 rings (SSSR count). The molecular formula is C9H12N2O3. The molecule has 2 N–H and O–H groups in total. The largest absolute Gasteiger partial charge is 0.494 e. The smallest absolute Gasteiger partial charge is 0.150 e. The Morgan fingerprint density at radius 3 is 2.93 bits per heavy atom. The molecular weight excluding hydrogens is 184 g/mol. The summed E-state index contributed by atoms with van der Waals surface area (Å²) < 4.78 is 4.96. The van der Waals surface area contributed by atoms with E-state index < -0.39 is 0 Å². The van der Waals surface area contributed by atoms with Gasteiger partial charge in [-0.2, -0.15) is 0 Å². The van der Waals surface area contributed by atoms with Crippen LogP contribution in [0.4, 0.5) is 11.4 Å². The Morgan fingerprint density at radius 1 is 1.57 bits per heavy atom. The van der Waals surface area contributed by atoms with E-state index in [0.717, 1.165) is 5.69 Å². The van der Waals surface area contributed by atoms with Crippen LogP contribution in [0.15, 0.2) is 23.4 Å². The number of anilines is 1. The van der Waals surface area contributed by atoms with Crippen molar-refractivity contribution >= 4 is 11.4 Å². The fraction of sp³-hybridized carbons (Fsp3) is 0.333. The summed E-state index contributed by atoms with van der Waals surface area (Å²) in [6.45, 7) is 0.507. The molecule has 0 atom stereocenters. The molecule has 0 aliphatic heterocycles. The van der Waals surface area contributed by atoms with Gasteiger partial charge in [-0.1, -0.05) is 0 Å². The Hall–Kier alpha value is -1.62. The molecule has 0 unspecified atom stereocenters. The summed E-state index contributed by atoms with van der Waals surface area (Å²) >= 11 is 0. The van der Waals surface area contributed by atoms with Gasteiger partial charge in [-0.3, -0.25) is 0 Å². The Kier molecular flexibility index (Phi) is 3.87. The van der Waals surface area contributed by atoms with E-state index in [0.29, 0.717) is 12.3 Å². The first-order valence-electron chi connectivity index (χ1n) is 4.18. The van der Waals surface area contributed by atoms with Gasteiger partial charge in [-0.05, 0) is 17.3 Å². The highest BCUT2D eigenvalue weighted by Crippen LogP contribution is 2.29. The molecule has 1 aromatic rings. The molecule has 0 aliphatic rings. The van der Waals surface area contributed by atoms with Crippen LogP contribution in [0.25, 0.3) is 0 Å². The highest BCUT2D eigenvalue weighted by molar-refractivity contribution is 5.60. The quantitative estimate of drug-likeness (QED) is 0.700. The molecule has 0 radical (unpaired) electrons. The van der Waals surface area contributed by atoms with Gasteiger partial charge in [0, 0.05) is 18.3 Å². The van der Waals surface area contributed by atoms with E-state index in [9.17, 15) is 4.91 Å². The lowest BCUT2D eigenvalue weighted by atomic mass is 10.2. The first kappa shape index (κ1) is 10.5. The Bertz CT molecular complexity index is 315. The molecule has 0 aliphatic carbocycles. The molecule has 0 bridgehead atoms. The molecule has 0 aromatic heterocycles. The van der Waals surface area contributed by atoms with Crippen molar-refractivity contribution in [3.8, 4) is 5.75 Å². The number of methoxy groups -OCH3 is 1. The second-order valence-electron chi connectivity index (χ2n) is 2.63. The van der Waals surface area contributed by atoms with Crippen LogP contribution in [0.3, 0.4) is 0 Å². The van der Waals surface area contributed by atoms with Gasteiger partial charge in [-0.25, -0.2) is 0 Å². The fourth-order valence-corrected chi connectivity index (χ4v) is 1.06. The number of nitroso groups, excluding NO2 is 1. The van der Waals surface area contributed by atoms with Crippen molar-refractivity contribution in [2.24, 2.45) is 5.18 Å². The molecule has 76 valence electrons. The maximum absolute atomic E-state index is 10.3. The average Bonchev–Trinajstić information content (AvgIpc) is 2.25. The second-order valence-corrected chi connectivity index (χ2v) is 2.63. The summed E-state index contributed by atoms with van der Waals surface area (Å²) in [5, 5.41) is 14.3. The summed E-state index contributed by atoms with van der Waals surface area (Å²) in [6, 6.07) is 4.92.